The van der Waals surface area contributed by atoms with Crippen molar-refractivity contribution in [2.45, 2.75) is 18.2 Å². The van der Waals surface area contributed by atoms with Crippen molar-refractivity contribution in [3.63, 3.8) is 0 Å². The van der Waals surface area contributed by atoms with E-state index in [4.69, 9.17) is 0 Å². The Balaban J connectivity index is 1.53. The van der Waals surface area contributed by atoms with Crippen molar-refractivity contribution in [1.29, 1.82) is 0 Å². The summed E-state index contributed by atoms with van der Waals surface area (Å²) < 4.78 is 25.9. The highest BCUT2D eigenvalue weighted by Gasteiger charge is 2.23. The first-order chi connectivity index (χ1) is 13.8. The number of likely N-dealkylation sites (N-methyl/N-ethyl adjacent to an activating group) is 1. The number of aryl methyl sites for hydroxylation is 1. The molecule has 3 rings (SSSR count). The Bertz CT molecular complexity index is 1140. The van der Waals surface area contributed by atoms with Gasteiger partial charge in [-0.25, -0.2) is 8.42 Å². The van der Waals surface area contributed by atoms with E-state index < -0.39 is 28.4 Å². The number of hydrogen-bond donors (Lipinski definition) is 3. The van der Waals surface area contributed by atoms with Crippen LogP contribution in [0.2, 0.25) is 0 Å². The summed E-state index contributed by atoms with van der Waals surface area (Å²) in [7, 11) is -2.49. The molecule has 3 aromatic rings. The maximum Gasteiger partial charge on any atom is 0.253 e. The van der Waals surface area contributed by atoms with Gasteiger partial charge in [-0.05, 0) is 30.7 Å². The first-order valence-electron chi connectivity index (χ1n) is 8.93. The molecular weight excluding hydrogens is 392 g/mol. The molecule has 0 saturated heterocycles. The fourth-order valence-corrected chi connectivity index (χ4v) is 3.98. The summed E-state index contributed by atoms with van der Waals surface area (Å²) in [5.41, 5.74) is 7.22. The van der Waals surface area contributed by atoms with Crippen LogP contribution in [0.5, 0.6) is 0 Å². The minimum atomic E-state index is -3.80. The summed E-state index contributed by atoms with van der Waals surface area (Å²) >= 11 is 0. The van der Waals surface area contributed by atoms with Crippen LogP contribution in [0.4, 0.5) is 0 Å². The summed E-state index contributed by atoms with van der Waals surface area (Å²) in [5, 5.41) is 0.929. The van der Waals surface area contributed by atoms with Crippen LogP contribution in [0, 0.1) is 6.92 Å². The predicted molar refractivity (Wildman–Crippen MR) is 109 cm³/mol. The first-order valence-corrected chi connectivity index (χ1v) is 10.4. The van der Waals surface area contributed by atoms with Gasteiger partial charge in [0.05, 0.1) is 17.9 Å². The third-order valence-corrected chi connectivity index (χ3v) is 6.28. The van der Waals surface area contributed by atoms with Crippen molar-refractivity contribution >= 4 is 32.7 Å². The van der Waals surface area contributed by atoms with Crippen LogP contribution < -0.4 is 10.9 Å². The van der Waals surface area contributed by atoms with Crippen LogP contribution in [0.3, 0.4) is 0 Å². The molecule has 9 heteroatoms. The molecule has 0 atom stereocenters. The molecule has 3 N–H and O–H groups in total. The summed E-state index contributed by atoms with van der Waals surface area (Å²) in [6, 6.07) is 13.9. The van der Waals surface area contributed by atoms with Gasteiger partial charge < -0.3 is 4.98 Å². The highest BCUT2D eigenvalue weighted by molar-refractivity contribution is 7.89. The number of H-pyrrole nitrogens is 1. The lowest BCUT2D eigenvalue weighted by molar-refractivity contribution is -0.128. The average molecular weight is 414 g/mol. The number of nitrogens with one attached hydrogen (secondary N) is 3. The molecule has 0 bridgehead atoms. The van der Waals surface area contributed by atoms with E-state index in [1.54, 1.807) is 18.3 Å². The van der Waals surface area contributed by atoms with Crippen molar-refractivity contribution in [3.05, 3.63) is 65.9 Å². The monoisotopic (exact) mass is 414 g/mol. The van der Waals surface area contributed by atoms with Gasteiger partial charge in [-0.1, -0.05) is 35.9 Å². The first kappa shape index (κ1) is 20.6. The van der Waals surface area contributed by atoms with E-state index in [2.05, 4.69) is 15.8 Å². The predicted octanol–water partition coefficient (Wildman–Crippen LogP) is 1.49. The fraction of sp³-hybridized carbons (Fsp3) is 0.200. The molecule has 0 saturated carbocycles. The summed E-state index contributed by atoms with van der Waals surface area (Å²) in [6.45, 7) is 1.43. The van der Waals surface area contributed by atoms with Gasteiger partial charge in [-0.2, -0.15) is 4.31 Å². The van der Waals surface area contributed by atoms with Crippen LogP contribution in [0.1, 0.15) is 11.1 Å². The van der Waals surface area contributed by atoms with Gasteiger partial charge in [-0.3, -0.25) is 20.4 Å². The van der Waals surface area contributed by atoms with E-state index in [0.29, 0.717) is 0 Å². The Kier molecular flexibility index (Phi) is 6.00. The average Bonchev–Trinajstić information content (AvgIpc) is 3.09. The second kappa shape index (κ2) is 8.46. The van der Waals surface area contributed by atoms with E-state index in [1.165, 1.54) is 19.2 Å². The van der Waals surface area contributed by atoms with Crippen LogP contribution in [-0.2, 0) is 26.0 Å². The van der Waals surface area contributed by atoms with Crippen molar-refractivity contribution in [1.82, 2.24) is 20.1 Å². The Labute approximate surface area is 168 Å². The molecule has 2 aromatic carbocycles. The standard InChI is InChI=1S/C20H22N4O4S/c1-14-7-9-16(10-8-14)29(27,28)24(2)13-20(26)23-22-19(25)11-15-12-21-18-6-4-3-5-17(15)18/h3-10,12,21H,11,13H2,1-2H3,(H,22,25)(H,23,26). The Hall–Kier alpha value is -3.17. The molecule has 0 aliphatic rings. The topological polar surface area (TPSA) is 111 Å². The number of rotatable bonds is 6. The van der Waals surface area contributed by atoms with Gasteiger partial charge in [0.15, 0.2) is 0 Å². The number of nitrogens with zero attached hydrogens (tertiary/aromatic N) is 1. The fourth-order valence-electron chi connectivity index (χ4n) is 2.85. The normalized spacial score (nSPS) is 11.6. The maximum atomic E-state index is 12.5. The van der Waals surface area contributed by atoms with Crippen LogP contribution in [0.25, 0.3) is 10.9 Å². The second-order valence-corrected chi connectivity index (χ2v) is 8.75. The van der Waals surface area contributed by atoms with Crippen LogP contribution in [-0.4, -0.2) is 43.1 Å². The number of sulfonamides is 1. The maximum absolute atomic E-state index is 12.5. The molecule has 29 heavy (non-hydrogen) atoms. The van der Waals surface area contributed by atoms with Gasteiger partial charge in [0, 0.05) is 24.1 Å². The molecule has 8 nitrogen and oxygen atoms in total. The smallest absolute Gasteiger partial charge is 0.253 e. The van der Waals surface area contributed by atoms with Gasteiger partial charge in [-0.15, -0.1) is 0 Å². The molecule has 1 heterocycles. The molecule has 0 spiro atoms. The minimum absolute atomic E-state index is 0.0712. The van der Waals surface area contributed by atoms with Crippen LogP contribution >= 0.6 is 0 Å². The minimum Gasteiger partial charge on any atom is -0.361 e. The number of fused-ring (bicyclic) bond motifs is 1. The zero-order valence-corrected chi connectivity index (χ0v) is 16.9. The van der Waals surface area contributed by atoms with Crippen molar-refractivity contribution in [2.75, 3.05) is 13.6 Å². The molecule has 1 aromatic heterocycles. The largest absolute Gasteiger partial charge is 0.361 e. The zero-order valence-electron chi connectivity index (χ0n) is 16.1. The third kappa shape index (κ3) is 4.82. The van der Waals surface area contributed by atoms with E-state index >= 15 is 0 Å². The molecule has 0 aliphatic heterocycles. The van der Waals surface area contributed by atoms with Gasteiger partial charge >= 0.3 is 0 Å². The summed E-state index contributed by atoms with van der Waals surface area (Å²) in [6.07, 6.45) is 1.82. The number of carbonyl (C=O) groups excluding carboxylic acids is 2. The number of aromatic amines is 1. The summed E-state index contributed by atoms with van der Waals surface area (Å²) in [4.78, 5) is 27.4. The number of aromatic nitrogens is 1. The molecule has 0 fully saturated rings. The van der Waals surface area contributed by atoms with Crippen molar-refractivity contribution < 1.29 is 18.0 Å². The highest BCUT2D eigenvalue weighted by atomic mass is 32.2. The lowest BCUT2D eigenvalue weighted by Gasteiger charge is -2.17. The lowest BCUT2D eigenvalue weighted by Crippen LogP contribution is -2.47. The highest BCUT2D eigenvalue weighted by Crippen LogP contribution is 2.18. The van der Waals surface area contributed by atoms with Crippen molar-refractivity contribution in [2.24, 2.45) is 0 Å². The van der Waals surface area contributed by atoms with E-state index in [1.807, 2.05) is 31.2 Å². The third-order valence-electron chi connectivity index (χ3n) is 4.46. The van der Waals surface area contributed by atoms with Gasteiger partial charge in [0.2, 0.25) is 15.9 Å². The zero-order chi connectivity index (χ0) is 21.0. The molecule has 0 unspecified atom stereocenters. The van der Waals surface area contributed by atoms with E-state index in [-0.39, 0.29) is 11.3 Å². The van der Waals surface area contributed by atoms with E-state index in [9.17, 15) is 18.0 Å². The number of amides is 2. The summed E-state index contributed by atoms with van der Waals surface area (Å²) in [5.74, 6) is -1.05. The Morgan fingerprint density at radius 1 is 1.00 bits per heavy atom. The van der Waals surface area contributed by atoms with E-state index in [0.717, 1.165) is 26.3 Å². The van der Waals surface area contributed by atoms with Gasteiger partial charge in [0.1, 0.15) is 0 Å². The van der Waals surface area contributed by atoms with Gasteiger partial charge in [0.25, 0.3) is 5.91 Å². The molecule has 152 valence electrons. The van der Waals surface area contributed by atoms with Crippen LogP contribution in [0.15, 0.2) is 59.6 Å². The lowest BCUT2D eigenvalue weighted by atomic mass is 10.1. The number of hydrogen-bond acceptors (Lipinski definition) is 4. The molecule has 2 amide bonds. The number of hydrazine groups is 1. The second-order valence-electron chi connectivity index (χ2n) is 6.71. The molecule has 0 aliphatic carbocycles. The number of benzene rings is 2. The SMILES string of the molecule is Cc1ccc(S(=O)(=O)N(C)CC(=O)NNC(=O)Cc2c[nH]c3ccccc23)cc1. The number of para-hydroxylation sites is 1. The number of carbonyl (C=O) groups is 2. The van der Waals surface area contributed by atoms with Crippen molar-refractivity contribution in [3.8, 4) is 0 Å². The molecular formula is C20H22N4O4S. The quantitative estimate of drug-likeness (QED) is 0.531. The Morgan fingerprint density at radius 2 is 1.66 bits per heavy atom. The molecule has 0 radical (unpaired) electrons. The Morgan fingerprint density at radius 3 is 2.38 bits per heavy atom.